The van der Waals surface area contributed by atoms with Gasteiger partial charge in [0.25, 0.3) is 5.56 Å². The molecule has 1 atom stereocenters. The van der Waals surface area contributed by atoms with Crippen LogP contribution in [0.15, 0.2) is 52.1 Å². The summed E-state index contributed by atoms with van der Waals surface area (Å²) in [5, 5.41) is 28.8. The highest BCUT2D eigenvalue weighted by Crippen LogP contribution is 2.10. The van der Waals surface area contributed by atoms with Gasteiger partial charge >= 0.3 is 17.6 Å². The maximum Gasteiger partial charge on any atom is 0.329 e. The fourth-order valence-corrected chi connectivity index (χ4v) is 2.86. The van der Waals surface area contributed by atoms with Crippen LogP contribution >= 0.6 is 0 Å². The molecule has 1 aromatic heterocycles. The first-order valence-electron chi connectivity index (χ1n) is 10.8. The zero-order valence-corrected chi connectivity index (χ0v) is 19.9. The summed E-state index contributed by atoms with van der Waals surface area (Å²) in [5.74, 6) is -1.25. The Hall–Kier alpha value is -3.90. The summed E-state index contributed by atoms with van der Waals surface area (Å²) in [5.41, 5.74) is -0.218. The Labute approximate surface area is 202 Å². The van der Waals surface area contributed by atoms with E-state index in [1.807, 2.05) is 42.2 Å². The smallest absolute Gasteiger partial charge is 0.329 e. The molecule has 0 aliphatic rings. The van der Waals surface area contributed by atoms with E-state index in [1.165, 1.54) is 7.05 Å². The Balaban J connectivity index is 0.000000658. The number of aliphatic carboxylic acids is 2. The Morgan fingerprint density at radius 3 is 2.31 bits per heavy atom. The van der Waals surface area contributed by atoms with Crippen molar-refractivity contribution in [2.45, 2.75) is 20.0 Å². The Morgan fingerprint density at radius 2 is 1.77 bits per heavy atom. The second-order valence-corrected chi connectivity index (χ2v) is 7.34. The number of H-pyrrole nitrogens is 1. The van der Waals surface area contributed by atoms with Gasteiger partial charge in [0.2, 0.25) is 0 Å². The molecular weight excluding hydrogens is 460 g/mol. The topological polar surface area (TPSA) is 174 Å². The third kappa shape index (κ3) is 10.7. The summed E-state index contributed by atoms with van der Waals surface area (Å²) in [6.07, 6.45) is 0.482. The highest BCUT2D eigenvalue weighted by molar-refractivity contribution is 5.89. The van der Waals surface area contributed by atoms with Crippen LogP contribution in [-0.2, 0) is 16.6 Å². The maximum absolute atomic E-state index is 12.1. The largest absolute Gasteiger partial charge is 0.491 e. The van der Waals surface area contributed by atoms with Crippen LogP contribution in [-0.4, -0.2) is 75.7 Å². The van der Waals surface area contributed by atoms with Crippen LogP contribution in [0, 0.1) is 6.92 Å². The van der Waals surface area contributed by atoms with Gasteiger partial charge in [0.15, 0.2) is 0 Å². The first-order chi connectivity index (χ1) is 16.6. The van der Waals surface area contributed by atoms with Crippen molar-refractivity contribution >= 4 is 17.8 Å². The van der Waals surface area contributed by atoms with Crippen molar-refractivity contribution in [3.05, 3.63) is 68.9 Å². The van der Waals surface area contributed by atoms with Crippen LogP contribution in [0.1, 0.15) is 12.5 Å². The van der Waals surface area contributed by atoms with Crippen LogP contribution in [0.25, 0.3) is 0 Å². The summed E-state index contributed by atoms with van der Waals surface area (Å²) >= 11 is 0. The molecule has 0 radical (unpaired) electrons. The number of anilines is 1. The molecule has 0 saturated heterocycles. The van der Waals surface area contributed by atoms with Crippen molar-refractivity contribution in [2.75, 3.05) is 37.7 Å². The third-order valence-corrected chi connectivity index (χ3v) is 4.70. The van der Waals surface area contributed by atoms with Gasteiger partial charge < -0.3 is 30.3 Å². The van der Waals surface area contributed by atoms with Gasteiger partial charge in [0, 0.05) is 45.4 Å². The van der Waals surface area contributed by atoms with E-state index in [4.69, 9.17) is 14.9 Å². The fourth-order valence-electron chi connectivity index (χ4n) is 2.86. The number of benzene rings is 1. The van der Waals surface area contributed by atoms with Crippen LogP contribution in [0.2, 0.25) is 0 Å². The fraction of sp³-hybridized carbons (Fsp3) is 0.391. The molecular formula is C23H32N4O8. The molecule has 0 fully saturated rings. The van der Waals surface area contributed by atoms with E-state index in [0.717, 1.165) is 10.3 Å². The number of carboxylic acids is 2. The van der Waals surface area contributed by atoms with Crippen LogP contribution < -0.4 is 26.2 Å². The summed E-state index contributed by atoms with van der Waals surface area (Å²) in [6, 6.07) is 9.34. The van der Waals surface area contributed by atoms with Crippen LogP contribution in [0.3, 0.4) is 0 Å². The van der Waals surface area contributed by atoms with Gasteiger partial charge in [-0.1, -0.05) is 18.2 Å². The second-order valence-electron chi connectivity index (χ2n) is 7.34. The molecule has 0 saturated carbocycles. The van der Waals surface area contributed by atoms with Gasteiger partial charge in [-0.15, -0.1) is 0 Å². The summed E-state index contributed by atoms with van der Waals surface area (Å²) in [4.78, 5) is 47.7. The number of aliphatic hydroxyl groups is 1. The van der Waals surface area contributed by atoms with Crippen LogP contribution in [0.4, 0.5) is 5.82 Å². The van der Waals surface area contributed by atoms with Crippen molar-refractivity contribution in [3.8, 4) is 5.75 Å². The molecule has 0 bridgehead atoms. The number of hydrogen-bond donors (Lipinski definition) is 5. The van der Waals surface area contributed by atoms with Gasteiger partial charge in [0.1, 0.15) is 24.3 Å². The molecule has 12 heteroatoms. The number of aromatic nitrogens is 2. The van der Waals surface area contributed by atoms with E-state index in [2.05, 4.69) is 10.3 Å². The van der Waals surface area contributed by atoms with Crippen LogP contribution in [0.5, 0.6) is 5.75 Å². The number of nitrogens with one attached hydrogen (secondary N) is 2. The number of likely N-dealkylation sites (N-methyl/N-ethyl adjacent to an activating group) is 1. The number of carboxylic acid groups (broad SMARTS) is 2. The third-order valence-electron chi connectivity index (χ3n) is 4.70. The molecule has 1 unspecified atom stereocenters. The molecule has 0 aliphatic carbocycles. The number of nitrogens with zero attached hydrogens (tertiary/aromatic N) is 2. The zero-order valence-electron chi connectivity index (χ0n) is 19.9. The monoisotopic (exact) mass is 492 g/mol. The number of para-hydroxylation sites is 1. The normalized spacial score (nSPS) is 11.4. The lowest BCUT2D eigenvalue weighted by molar-refractivity contribution is -0.134. The van der Waals surface area contributed by atoms with E-state index in [-0.39, 0.29) is 12.2 Å². The van der Waals surface area contributed by atoms with Crippen molar-refractivity contribution < 1.29 is 29.6 Å². The standard InChI is InChI=1S/C19H28N4O4.C4H4O4/c1-4-23(17-14(2)18(25)22(3)19(26)21-17)11-10-20-12-15(24)13-27-16-8-6-5-7-9-16;5-3(6)1-2-4(7)8/h5-9,15,20,24H,4,10-13H2,1-3H3,(H,21,26);1-2H,(H,5,6)(H,7,8)/b;2-1+. The lowest BCUT2D eigenvalue weighted by Crippen LogP contribution is -2.41. The number of hydrogen-bond acceptors (Lipinski definition) is 8. The van der Waals surface area contributed by atoms with Gasteiger partial charge in [0.05, 0.1) is 5.56 Å². The Kier molecular flexibility index (Phi) is 12.6. The molecule has 12 nitrogen and oxygen atoms in total. The molecule has 1 heterocycles. The van der Waals surface area contributed by atoms with Gasteiger partial charge in [-0.05, 0) is 26.0 Å². The molecule has 0 aliphatic heterocycles. The average molecular weight is 493 g/mol. The Morgan fingerprint density at radius 1 is 1.17 bits per heavy atom. The molecule has 192 valence electrons. The molecule has 1 aromatic carbocycles. The number of aromatic amines is 1. The Bertz CT molecular complexity index is 1080. The van der Waals surface area contributed by atoms with Gasteiger partial charge in [-0.3, -0.25) is 14.3 Å². The molecule has 2 rings (SSSR count). The number of ether oxygens (including phenoxy) is 1. The minimum atomic E-state index is -1.26. The highest BCUT2D eigenvalue weighted by Gasteiger charge is 2.13. The first-order valence-corrected chi connectivity index (χ1v) is 10.8. The predicted molar refractivity (Wildman–Crippen MR) is 130 cm³/mol. The first kappa shape index (κ1) is 29.1. The molecule has 0 spiro atoms. The van der Waals surface area contributed by atoms with E-state index < -0.39 is 23.7 Å². The lowest BCUT2D eigenvalue weighted by Gasteiger charge is -2.24. The second kappa shape index (κ2) is 15.1. The summed E-state index contributed by atoms with van der Waals surface area (Å²) in [7, 11) is 1.45. The highest BCUT2D eigenvalue weighted by atomic mass is 16.5. The minimum absolute atomic E-state index is 0.204. The average Bonchev–Trinajstić information content (AvgIpc) is 2.84. The lowest BCUT2D eigenvalue weighted by atomic mass is 10.3. The van der Waals surface area contributed by atoms with E-state index >= 15 is 0 Å². The van der Waals surface area contributed by atoms with Crippen molar-refractivity contribution in [2.24, 2.45) is 7.05 Å². The molecule has 0 amide bonds. The zero-order chi connectivity index (χ0) is 26.4. The SMILES string of the molecule is CCN(CCNCC(O)COc1ccccc1)c1[nH]c(=O)n(C)c(=O)c1C.O=C(O)/C=C/C(=O)O. The number of aliphatic hydroxyl groups excluding tert-OH is 1. The van der Waals surface area contributed by atoms with Crippen molar-refractivity contribution in [1.82, 2.24) is 14.9 Å². The predicted octanol–water partition coefficient (Wildman–Crippen LogP) is -0.0504. The minimum Gasteiger partial charge on any atom is -0.491 e. The van der Waals surface area contributed by atoms with Crippen molar-refractivity contribution in [3.63, 3.8) is 0 Å². The molecule has 5 N–H and O–H groups in total. The molecule has 35 heavy (non-hydrogen) atoms. The van der Waals surface area contributed by atoms with E-state index in [9.17, 15) is 24.3 Å². The van der Waals surface area contributed by atoms with Crippen molar-refractivity contribution in [1.29, 1.82) is 0 Å². The molecule has 2 aromatic rings. The van der Waals surface area contributed by atoms with E-state index in [1.54, 1.807) is 6.92 Å². The number of carbonyl (C=O) groups is 2. The summed E-state index contributed by atoms with van der Waals surface area (Å²) < 4.78 is 6.58. The summed E-state index contributed by atoms with van der Waals surface area (Å²) in [6.45, 7) is 6.07. The maximum atomic E-state index is 12.1. The van der Waals surface area contributed by atoms with E-state index in [0.29, 0.717) is 49.7 Å². The number of rotatable bonds is 12. The van der Waals surface area contributed by atoms with Gasteiger partial charge in [-0.25, -0.2) is 14.4 Å². The van der Waals surface area contributed by atoms with Gasteiger partial charge in [-0.2, -0.15) is 0 Å². The quantitative estimate of drug-likeness (QED) is 0.200.